The normalized spacial score (nSPS) is 23.2. The maximum absolute atomic E-state index is 2.45. The Balaban J connectivity index is 2.33. The van der Waals surface area contributed by atoms with Gasteiger partial charge in [0.25, 0.3) is 0 Å². The van der Waals surface area contributed by atoms with Crippen LogP contribution in [-0.2, 0) is 0 Å². The highest BCUT2D eigenvalue weighted by atomic mass is 127. The second-order valence-electron chi connectivity index (χ2n) is 3.08. The fourth-order valence-electron chi connectivity index (χ4n) is 1.66. The van der Waals surface area contributed by atoms with Gasteiger partial charge in [-0.3, -0.25) is 0 Å². The third-order valence-corrected chi connectivity index (χ3v) is 3.13. The van der Waals surface area contributed by atoms with Gasteiger partial charge in [0.05, 0.1) is 0 Å². The zero-order chi connectivity index (χ0) is 7.68. The van der Waals surface area contributed by atoms with Gasteiger partial charge in [0.1, 0.15) is 0 Å². The molecule has 11 heavy (non-hydrogen) atoms. The minimum absolute atomic E-state index is 1.24. The minimum atomic E-state index is 1.24. The predicted molar refractivity (Wildman–Crippen MR) is 56.7 cm³/mol. The Morgan fingerprint density at radius 3 is 2.91 bits per heavy atom. The molecule has 0 amide bonds. The van der Waals surface area contributed by atoms with Crippen molar-refractivity contribution < 1.29 is 0 Å². The Morgan fingerprint density at radius 2 is 2.00 bits per heavy atom. The van der Waals surface area contributed by atoms with Crippen molar-refractivity contribution in [3.05, 3.63) is 33.0 Å². The Bertz CT molecular complexity index is 256. The lowest BCUT2D eigenvalue weighted by Gasteiger charge is -2.17. The van der Waals surface area contributed by atoms with E-state index < -0.39 is 0 Å². The fraction of sp³-hybridized carbons (Fsp3) is 0.400. The van der Waals surface area contributed by atoms with Gasteiger partial charge in [-0.25, -0.2) is 0 Å². The molecule has 0 saturated heterocycles. The van der Waals surface area contributed by atoms with E-state index in [0.717, 1.165) is 0 Å². The third kappa shape index (κ3) is 1.58. The van der Waals surface area contributed by atoms with Crippen molar-refractivity contribution in [1.29, 1.82) is 0 Å². The summed E-state index contributed by atoms with van der Waals surface area (Å²) in [6, 6.07) is 0. The molecule has 0 atom stereocenters. The van der Waals surface area contributed by atoms with Gasteiger partial charge in [0.2, 0.25) is 0 Å². The maximum Gasteiger partial charge on any atom is -0.00879 e. The van der Waals surface area contributed by atoms with Crippen LogP contribution in [-0.4, -0.2) is 0 Å². The van der Waals surface area contributed by atoms with Gasteiger partial charge in [-0.2, -0.15) is 0 Å². The molecule has 1 heteroatoms. The minimum Gasteiger partial charge on any atom is -0.0839 e. The van der Waals surface area contributed by atoms with Crippen LogP contribution < -0.4 is 0 Å². The molecule has 0 aromatic rings. The SMILES string of the molecule is IC1=CC2=C(C=CCC2)CC1. The van der Waals surface area contributed by atoms with E-state index in [4.69, 9.17) is 0 Å². The summed E-state index contributed by atoms with van der Waals surface area (Å²) in [6.45, 7) is 0. The van der Waals surface area contributed by atoms with Gasteiger partial charge in [-0.1, -0.05) is 12.2 Å². The molecule has 2 aliphatic rings. The van der Waals surface area contributed by atoms with Crippen LogP contribution in [0, 0.1) is 0 Å². The van der Waals surface area contributed by atoms with Crippen molar-refractivity contribution in [3.8, 4) is 0 Å². The van der Waals surface area contributed by atoms with Crippen LogP contribution in [0.1, 0.15) is 25.7 Å². The molecule has 0 aromatic heterocycles. The van der Waals surface area contributed by atoms with Crippen LogP contribution in [0.3, 0.4) is 0 Å². The summed E-state index contributed by atoms with van der Waals surface area (Å²) >= 11 is 2.45. The van der Waals surface area contributed by atoms with E-state index in [1.165, 1.54) is 29.3 Å². The van der Waals surface area contributed by atoms with Crippen molar-refractivity contribution in [2.45, 2.75) is 25.7 Å². The number of allylic oxidation sites excluding steroid dienone is 6. The fourth-order valence-corrected chi connectivity index (χ4v) is 2.30. The highest BCUT2D eigenvalue weighted by molar-refractivity contribution is 14.1. The van der Waals surface area contributed by atoms with Gasteiger partial charge >= 0.3 is 0 Å². The lowest BCUT2D eigenvalue weighted by molar-refractivity contribution is 0.882. The first kappa shape index (κ1) is 7.59. The van der Waals surface area contributed by atoms with Gasteiger partial charge in [-0.15, -0.1) is 0 Å². The maximum atomic E-state index is 2.45. The van der Waals surface area contributed by atoms with E-state index in [1.807, 2.05) is 0 Å². The molecule has 0 heterocycles. The predicted octanol–water partition coefficient (Wildman–Crippen LogP) is 3.75. The quantitative estimate of drug-likeness (QED) is 0.580. The molecule has 0 saturated carbocycles. The molecule has 0 aromatic carbocycles. The van der Waals surface area contributed by atoms with E-state index in [-0.39, 0.29) is 0 Å². The summed E-state index contributed by atoms with van der Waals surface area (Å²) in [7, 11) is 0. The highest BCUT2D eigenvalue weighted by Crippen LogP contribution is 2.32. The van der Waals surface area contributed by atoms with Gasteiger partial charge in [0, 0.05) is 0 Å². The number of rotatable bonds is 0. The van der Waals surface area contributed by atoms with Crippen molar-refractivity contribution >= 4 is 22.6 Å². The van der Waals surface area contributed by atoms with Crippen LogP contribution in [0.2, 0.25) is 0 Å². The van der Waals surface area contributed by atoms with E-state index in [0.29, 0.717) is 0 Å². The molecule has 0 N–H and O–H groups in total. The largest absolute Gasteiger partial charge is 0.0839 e. The van der Waals surface area contributed by atoms with Crippen LogP contribution in [0.15, 0.2) is 33.0 Å². The Kier molecular flexibility index (Phi) is 2.16. The van der Waals surface area contributed by atoms with E-state index >= 15 is 0 Å². The summed E-state index contributed by atoms with van der Waals surface area (Å²) in [5, 5.41) is 0. The molecule has 0 aliphatic heterocycles. The van der Waals surface area contributed by atoms with Crippen molar-refractivity contribution in [2.24, 2.45) is 0 Å². The van der Waals surface area contributed by atoms with Crippen molar-refractivity contribution in [1.82, 2.24) is 0 Å². The van der Waals surface area contributed by atoms with E-state index in [2.05, 4.69) is 40.8 Å². The van der Waals surface area contributed by atoms with Crippen molar-refractivity contribution in [2.75, 3.05) is 0 Å². The molecule has 58 valence electrons. The lowest BCUT2D eigenvalue weighted by Crippen LogP contribution is -1.98. The topological polar surface area (TPSA) is 0 Å². The van der Waals surface area contributed by atoms with Gasteiger partial charge in [0.15, 0.2) is 0 Å². The summed E-state index contributed by atoms with van der Waals surface area (Å²) in [4.78, 5) is 0. The van der Waals surface area contributed by atoms with E-state index in [9.17, 15) is 0 Å². The molecule has 0 fully saturated rings. The average Bonchev–Trinajstić information content (AvgIpc) is 2.04. The first-order valence-corrected chi connectivity index (χ1v) is 5.19. The monoisotopic (exact) mass is 258 g/mol. The molecular weight excluding hydrogens is 247 g/mol. The Morgan fingerprint density at radius 1 is 1.09 bits per heavy atom. The first-order valence-electron chi connectivity index (χ1n) is 4.11. The Labute approximate surface area is 81.2 Å². The molecule has 2 rings (SSSR count). The first-order chi connectivity index (χ1) is 5.36. The molecule has 0 unspecified atom stereocenters. The second kappa shape index (κ2) is 3.13. The van der Waals surface area contributed by atoms with Crippen LogP contribution in [0.25, 0.3) is 0 Å². The van der Waals surface area contributed by atoms with E-state index in [1.54, 1.807) is 11.1 Å². The summed E-state index contributed by atoms with van der Waals surface area (Å²) in [5.74, 6) is 0. The summed E-state index contributed by atoms with van der Waals surface area (Å²) < 4.78 is 1.52. The van der Waals surface area contributed by atoms with Gasteiger partial charge in [-0.05, 0) is 69.1 Å². The lowest BCUT2D eigenvalue weighted by atomic mass is 9.91. The zero-order valence-electron chi connectivity index (χ0n) is 6.44. The van der Waals surface area contributed by atoms with Crippen LogP contribution in [0.5, 0.6) is 0 Å². The Hall–Kier alpha value is -0.0500. The average molecular weight is 258 g/mol. The molecule has 0 radical (unpaired) electrons. The molecule has 2 aliphatic carbocycles. The zero-order valence-corrected chi connectivity index (χ0v) is 8.60. The highest BCUT2D eigenvalue weighted by Gasteiger charge is 2.11. The number of hydrogen-bond donors (Lipinski definition) is 0. The summed E-state index contributed by atoms with van der Waals surface area (Å²) in [6.07, 6.45) is 12.0. The standard InChI is InChI=1S/C10H11I/c11-10-6-5-8-3-1-2-4-9(8)7-10/h1,3,7H,2,4-6H2. The smallest absolute Gasteiger partial charge is 0.00879 e. The molecule has 0 nitrogen and oxygen atoms in total. The van der Waals surface area contributed by atoms with Crippen molar-refractivity contribution in [3.63, 3.8) is 0 Å². The molecule has 0 bridgehead atoms. The summed E-state index contributed by atoms with van der Waals surface area (Å²) in [5.41, 5.74) is 3.17. The third-order valence-electron chi connectivity index (χ3n) is 2.28. The van der Waals surface area contributed by atoms with Crippen LogP contribution >= 0.6 is 22.6 Å². The number of hydrogen-bond acceptors (Lipinski definition) is 0. The van der Waals surface area contributed by atoms with Crippen LogP contribution in [0.4, 0.5) is 0 Å². The number of halogens is 1. The second-order valence-corrected chi connectivity index (χ2v) is 4.47. The molecular formula is C10H11I. The van der Waals surface area contributed by atoms with Gasteiger partial charge < -0.3 is 0 Å². The molecule has 0 spiro atoms.